The maximum absolute atomic E-state index is 12.1. The van der Waals surface area contributed by atoms with Crippen LogP contribution in [0.5, 0.6) is 0 Å². The molecule has 0 aromatic heterocycles. The van der Waals surface area contributed by atoms with Gasteiger partial charge in [-0.1, -0.05) is 19.1 Å². The van der Waals surface area contributed by atoms with E-state index in [1.807, 2.05) is 26.0 Å². The third kappa shape index (κ3) is 2.91. The molecule has 0 saturated carbocycles. The molecule has 2 atom stereocenters. The van der Waals surface area contributed by atoms with Gasteiger partial charge in [-0.25, -0.2) is 4.79 Å². The molecule has 2 rings (SSSR count). The van der Waals surface area contributed by atoms with Gasteiger partial charge in [0, 0.05) is 12.1 Å². The van der Waals surface area contributed by atoms with Gasteiger partial charge in [0.15, 0.2) is 6.23 Å². The Morgan fingerprint density at radius 3 is 3.00 bits per heavy atom. The summed E-state index contributed by atoms with van der Waals surface area (Å²) < 4.78 is 5.93. The Kier molecular flexibility index (Phi) is 4.59. The Bertz CT molecular complexity index is 524. The van der Waals surface area contributed by atoms with Crippen LogP contribution in [0.25, 0.3) is 0 Å². The molecule has 20 heavy (non-hydrogen) atoms. The van der Waals surface area contributed by atoms with Gasteiger partial charge >= 0.3 is 6.03 Å². The van der Waals surface area contributed by atoms with Crippen LogP contribution in [0.4, 0.5) is 4.79 Å². The smallest absolute Gasteiger partial charge is 0.319 e. The fourth-order valence-corrected chi connectivity index (χ4v) is 2.30. The highest BCUT2D eigenvalue weighted by Crippen LogP contribution is 2.31. The molecule has 1 heterocycles. The van der Waals surface area contributed by atoms with Gasteiger partial charge < -0.3 is 10.1 Å². The van der Waals surface area contributed by atoms with Crippen molar-refractivity contribution in [2.24, 2.45) is 0 Å². The predicted octanol–water partition coefficient (Wildman–Crippen LogP) is 2.40. The number of urea groups is 1. The second kappa shape index (κ2) is 6.40. The predicted molar refractivity (Wildman–Crippen MR) is 74.8 cm³/mol. The molecule has 1 aliphatic rings. The molecule has 5 nitrogen and oxygen atoms in total. The summed E-state index contributed by atoms with van der Waals surface area (Å²) in [4.78, 5) is 13.8. The van der Waals surface area contributed by atoms with Crippen LogP contribution in [-0.4, -0.2) is 30.1 Å². The second-order valence-electron chi connectivity index (χ2n) is 4.74. The van der Waals surface area contributed by atoms with Crippen molar-refractivity contribution in [1.29, 1.82) is 5.26 Å². The molecule has 106 valence electrons. The Morgan fingerprint density at radius 1 is 1.55 bits per heavy atom. The third-order valence-corrected chi connectivity index (χ3v) is 3.35. The summed E-state index contributed by atoms with van der Waals surface area (Å²) in [5, 5.41) is 11.8. The molecule has 1 N–H and O–H groups in total. The van der Waals surface area contributed by atoms with E-state index in [1.54, 1.807) is 17.0 Å². The summed E-state index contributed by atoms with van der Waals surface area (Å²) in [5.74, 6) is 0. The van der Waals surface area contributed by atoms with Crippen LogP contribution < -0.4 is 5.32 Å². The van der Waals surface area contributed by atoms with E-state index < -0.39 is 6.23 Å². The number of rotatable bonds is 3. The summed E-state index contributed by atoms with van der Waals surface area (Å²) in [5.41, 5.74) is 1.41. The number of hydrogen-bond donors (Lipinski definition) is 1. The summed E-state index contributed by atoms with van der Waals surface area (Å²) in [6, 6.07) is 9.19. The number of amides is 2. The van der Waals surface area contributed by atoms with E-state index in [9.17, 15) is 4.79 Å². The average molecular weight is 273 g/mol. The van der Waals surface area contributed by atoms with Crippen molar-refractivity contribution in [3.05, 3.63) is 35.4 Å². The van der Waals surface area contributed by atoms with Crippen molar-refractivity contribution in [3.8, 4) is 6.07 Å². The largest absolute Gasteiger partial charge is 0.349 e. The Balaban J connectivity index is 2.26. The number of nitrogens with one attached hydrogen (secondary N) is 1. The normalized spacial score (nSPS) is 21.6. The maximum Gasteiger partial charge on any atom is 0.319 e. The standard InChI is InChI=1S/C15H19N3O2/c1-3-13-10-18(15(19)17-4-2)14(20-13)12-7-5-6-11(8-12)9-16/h5-8,13-14H,3-4,10H2,1-2H3,(H,17,19). The molecule has 0 bridgehead atoms. The highest BCUT2D eigenvalue weighted by Gasteiger charge is 2.36. The molecule has 2 unspecified atom stereocenters. The summed E-state index contributed by atoms with van der Waals surface area (Å²) in [6.07, 6.45) is 0.470. The SMILES string of the molecule is CCNC(=O)N1CC(CC)OC1c1cccc(C#N)c1. The lowest BCUT2D eigenvalue weighted by Gasteiger charge is -2.23. The van der Waals surface area contributed by atoms with Gasteiger partial charge in [-0.15, -0.1) is 0 Å². The minimum absolute atomic E-state index is 0.0355. The zero-order valence-corrected chi connectivity index (χ0v) is 11.8. The molecule has 0 spiro atoms. The van der Waals surface area contributed by atoms with Crippen molar-refractivity contribution >= 4 is 6.03 Å². The number of carbonyl (C=O) groups excluding carboxylic acids is 1. The van der Waals surface area contributed by atoms with Crippen molar-refractivity contribution in [2.75, 3.05) is 13.1 Å². The van der Waals surface area contributed by atoms with E-state index in [4.69, 9.17) is 10.00 Å². The average Bonchev–Trinajstić information content (AvgIpc) is 2.92. The van der Waals surface area contributed by atoms with Gasteiger partial charge in [-0.3, -0.25) is 4.90 Å². The van der Waals surface area contributed by atoms with Crippen LogP contribution in [-0.2, 0) is 4.74 Å². The molecular weight excluding hydrogens is 254 g/mol. The lowest BCUT2D eigenvalue weighted by atomic mass is 10.1. The van der Waals surface area contributed by atoms with E-state index >= 15 is 0 Å². The number of nitriles is 1. The van der Waals surface area contributed by atoms with Gasteiger partial charge in [0.25, 0.3) is 0 Å². The van der Waals surface area contributed by atoms with Crippen LogP contribution in [0, 0.1) is 11.3 Å². The topological polar surface area (TPSA) is 65.4 Å². The van der Waals surface area contributed by atoms with Crippen molar-refractivity contribution in [1.82, 2.24) is 10.2 Å². The van der Waals surface area contributed by atoms with Crippen LogP contribution in [0.3, 0.4) is 0 Å². The lowest BCUT2D eigenvalue weighted by molar-refractivity contribution is 0.00936. The lowest BCUT2D eigenvalue weighted by Crippen LogP contribution is -2.40. The highest BCUT2D eigenvalue weighted by molar-refractivity contribution is 5.74. The fraction of sp³-hybridized carbons (Fsp3) is 0.467. The first-order valence-corrected chi connectivity index (χ1v) is 6.89. The zero-order valence-electron chi connectivity index (χ0n) is 11.8. The Morgan fingerprint density at radius 2 is 2.35 bits per heavy atom. The number of nitrogens with zero attached hydrogens (tertiary/aromatic N) is 2. The number of benzene rings is 1. The van der Waals surface area contributed by atoms with Crippen LogP contribution in [0.1, 0.15) is 37.6 Å². The first-order valence-electron chi connectivity index (χ1n) is 6.89. The third-order valence-electron chi connectivity index (χ3n) is 3.35. The summed E-state index contributed by atoms with van der Waals surface area (Å²) >= 11 is 0. The minimum Gasteiger partial charge on any atom is -0.349 e. The number of hydrogen-bond acceptors (Lipinski definition) is 3. The molecule has 1 aromatic carbocycles. The Hall–Kier alpha value is -2.06. The van der Waals surface area contributed by atoms with Gasteiger partial charge in [0.2, 0.25) is 0 Å². The van der Waals surface area contributed by atoms with Crippen molar-refractivity contribution < 1.29 is 9.53 Å². The monoisotopic (exact) mass is 273 g/mol. The van der Waals surface area contributed by atoms with Gasteiger partial charge in [0.1, 0.15) is 0 Å². The van der Waals surface area contributed by atoms with Crippen LogP contribution in [0.15, 0.2) is 24.3 Å². The van der Waals surface area contributed by atoms with E-state index in [1.165, 1.54) is 0 Å². The minimum atomic E-state index is -0.417. The second-order valence-corrected chi connectivity index (χ2v) is 4.74. The molecule has 1 fully saturated rings. The van der Waals surface area contributed by atoms with E-state index in [0.29, 0.717) is 18.7 Å². The van der Waals surface area contributed by atoms with Crippen LogP contribution in [0.2, 0.25) is 0 Å². The molecule has 1 aromatic rings. The Labute approximate surface area is 119 Å². The van der Waals surface area contributed by atoms with Crippen molar-refractivity contribution in [3.63, 3.8) is 0 Å². The van der Waals surface area contributed by atoms with Gasteiger partial charge in [0.05, 0.1) is 24.3 Å². The van der Waals surface area contributed by atoms with E-state index in [-0.39, 0.29) is 12.1 Å². The molecule has 2 amide bonds. The van der Waals surface area contributed by atoms with Crippen LogP contribution >= 0.6 is 0 Å². The molecule has 1 saturated heterocycles. The van der Waals surface area contributed by atoms with E-state index in [2.05, 4.69) is 11.4 Å². The zero-order chi connectivity index (χ0) is 14.5. The summed E-state index contributed by atoms with van der Waals surface area (Å²) in [7, 11) is 0. The fourth-order valence-electron chi connectivity index (χ4n) is 2.30. The molecule has 1 aliphatic heterocycles. The first kappa shape index (κ1) is 14.4. The van der Waals surface area contributed by atoms with Gasteiger partial charge in [-0.05, 0) is 25.5 Å². The van der Waals surface area contributed by atoms with Gasteiger partial charge in [-0.2, -0.15) is 5.26 Å². The molecule has 0 aliphatic carbocycles. The quantitative estimate of drug-likeness (QED) is 0.919. The summed E-state index contributed by atoms with van der Waals surface area (Å²) in [6.45, 7) is 5.08. The molecular formula is C15H19N3O2. The molecule has 0 radical (unpaired) electrons. The maximum atomic E-state index is 12.1. The number of carbonyl (C=O) groups is 1. The van der Waals surface area contributed by atoms with E-state index in [0.717, 1.165) is 12.0 Å². The number of ether oxygens (including phenoxy) is 1. The van der Waals surface area contributed by atoms with Crippen molar-refractivity contribution in [2.45, 2.75) is 32.6 Å². The molecule has 5 heteroatoms. The first-order chi connectivity index (χ1) is 9.69. The highest BCUT2D eigenvalue weighted by atomic mass is 16.5.